The number of carbonyl (C=O) groups is 1. The number of halogens is 1. The highest BCUT2D eigenvalue weighted by Crippen LogP contribution is 2.28. The molecule has 108 valence electrons. The lowest BCUT2D eigenvalue weighted by molar-refractivity contribution is -0.120. The summed E-state index contributed by atoms with van der Waals surface area (Å²) in [7, 11) is 0. The first-order chi connectivity index (χ1) is 8.56. The van der Waals surface area contributed by atoms with Crippen molar-refractivity contribution in [2.24, 2.45) is 11.7 Å². The number of hydrogen-bond acceptors (Lipinski definition) is 4. The molecular formula is C13H22ClN3OS. The molecule has 0 bridgehead atoms. The van der Waals surface area contributed by atoms with Gasteiger partial charge in [0.1, 0.15) is 0 Å². The van der Waals surface area contributed by atoms with Crippen LogP contribution in [0.2, 0.25) is 0 Å². The molecule has 1 heterocycles. The van der Waals surface area contributed by atoms with Crippen LogP contribution in [-0.2, 0) is 4.79 Å². The normalized spacial score (nSPS) is 22.9. The predicted molar refractivity (Wildman–Crippen MR) is 82.0 cm³/mol. The molecule has 0 spiro atoms. The molecule has 1 aromatic rings. The van der Waals surface area contributed by atoms with Gasteiger partial charge < -0.3 is 11.1 Å². The second kappa shape index (κ2) is 7.22. The lowest BCUT2D eigenvalue weighted by Crippen LogP contribution is -2.34. The topological polar surface area (TPSA) is 68.0 Å². The van der Waals surface area contributed by atoms with E-state index < -0.39 is 0 Å². The minimum atomic E-state index is 0. The van der Waals surface area contributed by atoms with E-state index in [1.54, 1.807) is 11.3 Å². The van der Waals surface area contributed by atoms with E-state index in [-0.39, 0.29) is 30.3 Å². The largest absolute Gasteiger partial charge is 0.328 e. The van der Waals surface area contributed by atoms with E-state index >= 15 is 0 Å². The van der Waals surface area contributed by atoms with Crippen molar-refractivity contribution in [2.75, 3.05) is 5.32 Å². The minimum Gasteiger partial charge on any atom is -0.328 e. The molecule has 19 heavy (non-hydrogen) atoms. The Hall–Kier alpha value is -0.650. The van der Waals surface area contributed by atoms with Gasteiger partial charge in [0, 0.05) is 23.0 Å². The van der Waals surface area contributed by atoms with Crippen LogP contribution in [0.3, 0.4) is 0 Å². The highest BCUT2D eigenvalue weighted by Gasteiger charge is 2.25. The lowest BCUT2D eigenvalue weighted by Gasteiger charge is -2.25. The number of rotatable bonds is 3. The average molecular weight is 304 g/mol. The van der Waals surface area contributed by atoms with E-state index in [1.807, 2.05) is 6.20 Å². The van der Waals surface area contributed by atoms with E-state index in [4.69, 9.17) is 5.73 Å². The van der Waals surface area contributed by atoms with Crippen molar-refractivity contribution in [3.63, 3.8) is 0 Å². The van der Waals surface area contributed by atoms with Gasteiger partial charge in [-0.1, -0.05) is 20.3 Å². The smallest absolute Gasteiger partial charge is 0.229 e. The number of aromatic nitrogens is 1. The van der Waals surface area contributed by atoms with Crippen LogP contribution in [0.4, 0.5) is 5.13 Å². The molecular weight excluding hydrogens is 282 g/mol. The van der Waals surface area contributed by atoms with Gasteiger partial charge in [0.15, 0.2) is 5.13 Å². The average Bonchev–Trinajstić information content (AvgIpc) is 2.77. The third-order valence-corrected chi connectivity index (χ3v) is 4.62. The molecule has 2 atom stereocenters. The number of hydrogen-bond donors (Lipinski definition) is 2. The second-order valence-corrected chi connectivity index (χ2v) is 6.40. The molecule has 6 heteroatoms. The van der Waals surface area contributed by atoms with E-state index in [9.17, 15) is 4.79 Å². The van der Waals surface area contributed by atoms with Gasteiger partial charge in [0.25, 0.3) is 0 Å². The summed E-state index contributed by atoms with van der Waals surface area (Å²) in [4.78, 5) is 17.5. The molecule has 0 aliphatic heterocycles. The van der Waals surface area contributed by atoms with E-state index in [0.717, 1.165) is 25.7 Å². The van der Waals surface area contributed by atoms with E-state index in [0.29, 0.717) is 11.0 Å². The highest BCUT2D eigenvalue weighted by atomic mass is 35.5. The number of nitrogens with zero attached hydrogens (tertiary/aromatic N) is 1. The molecule has 1 amide bonds. The maximum atomic E-state index is 12.1. The number of nitrogens with two attached hydrogens (primary N) is 1. The number of thiazole rings is 1. The van der Waals surface area contributed by atoms with Crippen LogP contribution >= 0.6 is 23.7 Å². The molecule has 0 saturated heterocycles. The molecule has 0 aromatic carbocycles. The lowest BCUT2D eigenvalue weighted by atomic mass is 9.86. The maximum Gasteiger partial charge on any atom is 0.229 e. The second-order valence-electron chi connectivity index (χ2n) is 5.34. The Balaban J connectivity index is 0.00000180. The summed E-state index contributed by atoms with van der Waals surface area (Å²) in [5.41, 5.74) is 5.91. The molecule has 0 radical (unpaired) electrons. The van der Waals surface area contributed by atoms with Crippen molar-refractivity contribution in [1.82, 2.24) is 4.98 Å². The number of amides is 1. The van der Waals surface area contributed by atoms with Crippen molar-refractivity contribution in [3.8, 4) is 0 Å². The minimum absolute atomic E-state index is 0. The van der Waals surface area contributed by atoms with E-state index in [1.165, 1.54) is 4.88 Å². The van der Waals surface area contributed by atoms with Crippen LogP contribution in [0.25, 0.3) is 0 Å². The van der Waals surface area contributed by atoms with Crippen molar-refractivity contribution in [3.05, 3.63) is 11.1 Å². The molecule has 2 rings (SSSR count). The van der Waals surface area contributed by atoms with Gasteiger partial charge >= 0.3 is 0 Å². The Morgan fingerprint density at radius 3 is 2.84 bits per heavy atom. The molecule has 3 N–H and O–H groups in total. The van der Waals surface area contributed by atoms with Gasteiger partial charge in [-0.15, -0.1) is 23.7 Å². The summed E-state index contributed by atoms with van der Waals surface area (Å²) in [6.07, 6.45) is 5.68. The molecule has 4 nitrogen and oxygen atoms in total. The number of nitrogens with one attached hydrogen (secondary N) is 1. The highest BCUT2D eigenvalue weighted by molar-refractivity contribution is 7.15. The Kier molecular flexibility index (Phi) is 6.23. The van der Waals surface area contributed by atoms with Crippen LogP contribution in [-0.4, -0.2) is 16.9 Å². The number of carbonyl (C=O) groups excluding carboxylic acids is 1. The first kappa shape index (κ1) is 16.4. The van der Waals surface area contributed by atoms with Crippen LogP contribution < -0.4 is 11.1 Å². The number of anilines is 1. The third-order valence-electron chi connectivity index (χ3n) is 3.41. The molecule has 1 aliphatic rings. The molecule has 1 fully saturated rings. The fourth-order valence-electron chi connectivity index (χ4n) is 2.28. The standard InChI is InChI=1S/C13H21N3OS.ClH/c1-8(2)11-7-15-13(18-11)16-12(17)9-4-3-5-10(14)6-9;/h7-10H,3-6,14H2,1-2H3,(H,15,16,17);1H. The Morgan fingerprint density at radius 2 is 2.26 bits per heavy atom. The first-order valence-corrected chi connectivity index (χ1v) is 7.40. The fourth-order valence-corrected chi connectivity index (χ4v) is 3.11. The quantitative estimate of drug-likeness (QED) is 0.901. The van der Waals surface area contributed by atoms with Gasteiger partial charge in [0.2, 0.25) is 5.91 Å². The molecule has 1 aliphatic carbocycles. The zero-order valence-electron chi connectivity index (χ0n) is 11.4. The summed E-state index contributed by atoms with van der Waals surface area (Å²) in [5.74, 6) is 0.589. The summed E-state index contributed by atoms with van der Waals surface area (Å²) in [6.45, 7) is 4.25. The Bertz CT molecular complexity index is 422. The summed E-state index contributed by atoms with van der Waals surface area (Å²) >= 11 is 1.56. The summed E-state index contributed by atoms with van der Waals surface area (Å²) in [6, 6.07) is 0.178. The zero-order valence-corrected chi connectivity index (χ0v) is 13.0. The third kappa shape index (κ3) is 4.44. The zero-order chi connectivity index (χ0) is 13.1. The fraction of sp³-hybridized carbons (Fsp3) is 0.692. The molecule has 1 saturated carbocycles. The van der Waals surface area contributed by atoms with Crippen molar-refractivity contribution >= 4 is 34.8 Å². The van der Waals surface area contributed by atoms with Gasteiger partial charge in [-0.3, -0.25) is 4.79 Å². The molecule has 1 aromatic heterocycles. The van der Waals surface area contributed by atoms with Crippen LogP contribution in [0.1, 0.15) is 50.3 Å². The van der Waals surface area contributed by atoms with Crippen molar-refractivity contribution < 1.29 is 4.79 Å². The monoisotopic (exact) mass is 303 g/mol. The van der Waals surface area contributed by atoms with Gasteiger partial charge in [0.05, 0.1) is 0 Å². The van der Waals surface area contributed by atoms with Crippen LogP contribution in [0.5, 0.6) is 0 Å². The summed E-state index contributed by atoms with van der Waals surface area (Å²) in [5, 5.41) is 3.63. The first-order valence-electron chi connectivity index (χ1n) is 6.58. The molecule has 2 unspecified atom stereocenters. The maximum absolute atomic E-state index is 12.1. The van der Waals surface area contributed by atoms with Crippen molar-refractivity contribution in [2.45, 2.75) is 51.5 Å². The van der Waals surface area contributed by atoms with Gasteiger partial charge in [-0.2, -0.15) is 0 Å². The predicted octanol–water partition coefficient (Wildman–Crippen LogP) is 3.14. The van der Waals surface area contributed by atoms with E-state index in [2.05, 4.69) is 24.1 Å². The SMILES string of the molecule is CC(C)c1cnc(NC(=O)C2CCCC(N)C2)s1.Cl. The van der Waals surface area contributed by atoms with Crippen LogP contribution in [0, 0.1) is 5.92 Å². The Labute approximate surface area is 124 Å². The summed E-state index contributed by atoms with van der Waals surface area (Å²) < 4.78 is 0. The van der Waals surface area contributed by atoms with Crippen LogP contribution in [0.15, 0.2) is 6.20 Å². The van der Waals surface area contributed by atoms with Gasteiger partial charge in [-0.05, 0) is 25.2 Å². The Morgan fingerprint density at radius 1 is 1.53 bits per heavy atom. The van der Waals surface area contributed by atoms with Gasteiger partial charge in [-0.25, -0.2) is 4.98 Å². The van der Waals surface area contributed by atoms with Crippen molar-refractivity contribution in [1.29, 1.82) is 0 Å².